The van der Waals surface area contributed by atoms with Crippen LogP contribution in [0.25, 0.3) is 0 Å². The molecule has 0 saturated carbocycles. The van der Waals surface area contributed by atoms with Gasteiger partial charge in [-0.3, -0.25) is 4.79 Å². The van der Waals surface area contributed by atoms with Gasteiger partial charge in [0.1, 0.15) is 6.10 Å². The number of rotatable bonds is 3. The lowest BCUT2D eigenvalue weighted by atomic mass is 10.00. The van der Waals surface area contributed by atoms with Crippen LogP contribution in [0.5, 0.6) is 0 Å². The van der Waals surface area contributed by atoms with Gasteiger partial charge in [-0.05, 0) is 0 Å². The molecule has 0 aliphatic carbocycles. The van der Waals surface area contributed by atoms with E-state index >= 15 is 0 Å². The summed E-state index contributed by atoms with van der Waals surface area (Å²) in [5.41, 5.74) is 0. The average Bonchev–Trinajstić information content (AvgIpc) is 2.32. The van der Waals surface area contributed by atoms with Crippen LogP contribution in [0.15, 0.2) is 12.7 Å². The minimum atomic E-state index is -0.187. The summed E-state index contributed by atoms with van der Waals surface area (Å²) in [5.74, 6) is -0.0944. The van der Waals surface area contributed by atoms with Gasteiger partial charge in [0.25, 0.3) is 0 Å². The van der Waals surface area contributed by atoms with Gasteiger partial charge >= 0.3 is 5.97 Å². The number of esters is 1. The Bertz CT molecular complexity index is 165. The molecule has 0 amide bonds. The molecule has 0 radical (unpaired) electrons. The van der Waals surface area contributed by atoms with Crippen molar-refractivity contribution in [1.29, 1.82) is 0 Å². The Morgan fingerprint density at radius 1 is 1.82 bits per heavy atom. The molecule has 0 bridgehead atoms. The van der Waals surface area contributed by atoms with Gasteiger partial charge in [-0.2, -0.15) is 0 Å². The predicted octanol–water partition coefficient (Wildman–Crippen LogP) is 0.486. The lowest BCUT2D eigenvalue weighted by Crippen LogP contribution is -2.15. The number of aliphatic hydroxyl groups is 1. The van der Waals surface area contributed by atoms with E-state index in [0.717, 1.165) is 0 Å². The van der Waals surface area contributed by atoms with Crippen molar-refractivity contribution in [3.05, 3.63) is 12.7 Å². The summed E-state index contributed by atoms with van der Waals surface area (Å²) < 4.78 is 4.94. The third-order valence-corrected chi connectivity index (χ3v) is 1.88. The van der Waals surface area contributed by atoms with Gasteiger partial charge in [-0.1, -0.05) is 6.08 Å². The molecule has 1 aliphatic rings. The third kappa shape index (κ3) is 1.80. The molecule has 0 aromatic heterocycles. The lowest BCUT2D eigenvalue weighted by molar-refractivity contribution is -0.141. The molecule has 1 heterocycles. The quantitative estimate of drug-likeness (QED) is 0.477. The summed E-state index contributed by atoms with van der Waals surface area (Å²) >= 11 is 0. The summed E-state index contributed by atoms with van der Waals surface area (Å²) in [6.07, 6.45) is 2.49. The molecular formula is C8H12O3. The van der Waals surface area contributed by atoms with Crippen LogP contribution in [-0.4, -0.2) is 23.8 Å². The van der Waals surface area contributed by atoms with Gasteiger partial charge < -0.3 is 9.84 Å². The summed E-state index contributed by atoms with van der Waals surface area (Å²) in [5, 5.41) is 8.60. The summed E-state index contributed by atoms with van der Waals surface area (Å²) in [7, 11) is 0. The standard InChI is InChI=1S/C8H12O3/c1-2-6-5-8(10)11-7(6)3-4-9/h2,6-7,9H,1,3-5H2. The second kappa shape index (κ2) is 3.53. The highest BCUT2D eigenvalue weighted by Gasteiger charge is 2.31. The van der Waals surface area contributed by atoms with Crippen molar-refractivity contribution in [2.24, 2.45) is 5.92 Å². The van der Waals surface area contributed by atoms with Crippen LogP contribution in [-0.2, 0) is 9.53 Å². The number of hydrogen-bond donors (Lipinski definition) is 1. The molecule has 1 rings (SSSR count). The Balaban J connectivity index is 2.49. The Labute approximate surface area is 65.7 Å². The molecule has 2 unspecified atom stereocenters. The topological polar surface area (TPSA) is 46.5 Å². The Morgan fingerprint density at radius 2 is 2.55 bits per heavy atom. The number of aliphatic hydroxyl groups excluding tert-OH is 1. The van der Waals surface area contributed by atoms with Gasteiger partial charge in [0.2, 0.25) is 0 Å². The van der Waals surface area contributed by atoms with Crippen LogP contribution < -0.4 is 0 Å². The number of carbonyl (C=O) groups is 1. The zero-order valence-electron chi connectivity index (χ0n) is 6.32. The van der Waals surface area contributed by atoms with Crippen LogP contribution in [0.4, 0.5) is 0 Å². The molecule has 1 saturated heterocycles. The highest BCUT2D eigenvalue weighted by Crippen LogP contribution is 2.24. The molecular weight excluding hydrogens is 144 g/mol. The number of carbonyl (C=O) groups excluding carboxylic acids is 1. The van der Waals surface area contributed by atoms with E-state index in [1.165, 1.54) is 0 Å². The van der Waals surface area contributed by atoms with E-state index in [2.05, 4.69) is 6.58 Å². The molecule has 0 spiro atoms. The van der Waals surface area contributed by atoms with Gasteiger partial charge in [0.15, 0.2) is 0 Å². The first kappa shape index (κ1) is 8.27. The van der Waals surface area contributed by atoms with Crippen LogP contribution in [0.2, 0.25) is 0 Å². The van der Waals surface area contributed by atoms with Crippen LogP contribution >= 0.6 is 0 Å². The first-order valence-electron chi connectivity index (χ1n) is 3.71. The third-order valence-electron chi connectivity index (χ3n) is 1.88. The smallest absolute Gasteiger partial charge is 0.306 e. The van der Waals surface area contributed by atoms with E-state index in [0.29, 0.717) is 12.8 Å². The summed E-state index contributed by atoms with van der Waals surface area (Å²) in [4.78, 5) is 10.7. The Hall–Kier alpha value is -0.830. The summed E-state index contributed by atoms with van der Waals surface area (Å²) in [6.45, 7) is 3.65. The highest BCUT2D eigenvalue weighted by atomic mass is 16.5. The Morgan fingerprint density at radius 3 is 3.09 bits per heavy atom. The molecule has 11 heavy (non-hydrogen) atoms. The molecule has 0 aromatic rings. The molecule has 3 heteroatoms. The van der Waals surface area contributed by atoms with Crippen LogP contribution in [0, 0.1) is 5.92 Å². The van der Waals surface area contributed by atoms with Gasteiger partial charge in [0.05, 0.1) is 6.42 Å². The molecule has 1 aliphatic heterocycles. The van der Waals surface area contributed by atoms with E-state index < -0.39 is 0 Å². The second-order valence-corrected chi connectivity index (χ2v) is 2.64. The van der Waals surface area contributed by atoms with Crippen molar-refractivity contribution in [2.45, 2.75) is 18.9 Å². The maximum Gasteiger partial charge on any atom is 0.306 e. The van der Waals surface area contributed by atoms with E-state index in [1.807, 2.05) is 0 Å². The second-order valence-electron chi connectivity index (χ2n) is 2.64. The zero-order valence-corrected chi connectivity index (χ0v) is 6.32. The van der Waals surface area contributed by atoms with Crippen molar-refractivity contribution in [1.82, 2.24) is 0 Å². The number of cyclic esters (lactones) is 1. The fraction of sp³-hybridized carbons (Fsp3) is 0.625. The number of ether oxygens (including phenoxy) is 1. The number of hydrogen-bond acceptors (Lipinski definition) is 3. The summed E-state index contributed by atoms with van der Waals surface area (Å²) in [6, 6.07) is 0. The first-order valence-corrected chi connectivity index (χ1v) is 3.71. The van der Waals surface area contributed by atoms with Crippen molar-refractivity contribution < 1.29 is 14.6 Å². The van der Waals surface area contributed by atoms with Gasteiger partial charge in [-0.25, -0.2) is 0 Å². The molecule has 0 aromatic carbocycles. The molecule has 62 valence electrons. The van der Waals surface area contributed by atoms with E-state index in [1.54, 1.807) is 6.08 Å². The molecule has 1 fully saturated rings. The van der Waals surface area contributed by atoms with Crippen molar-refractivity contribution in [2.75, 3.05) is 6.61 Å². The van der Waals surface area contributed by atoms with Gasteiger partial charge in [0, 0.05) is 18.9 Å². The van der Waals surface area contributed by atoms with E-state index in [4.69, 9.17) is 9.84 Å². The molecule has 1 N–H and O–H groups in total. The first-order chi connectivity index (χ1) is 5.27. The minimum absolute atomic E-state index is 0.0578. The predicted molar refractivity (Wildman–Crippen MR) is 39.9 cm³/mol. The average molecular weight is 156 g/mol. The fourth-order valence-electron chi connectivity index (χ4n) is 1.26. The fourth-order valence-corrected chi connectivity index (χ4v) is 1.26. The Kier molecular flexibility index (Phi) is 2.65. The zero-order chi connectivity index (χ0) is 8.27. The maximum absolute atomic E-state index is 10.7. The van der Waals surface area contributed by atoms with Crippen molar-refractivity contribution >= 4 is 5.97 Å². The van der Waals surface area contributed by atoms with E-state index in [-0.39, 0.29) is 24.6 Å². The largest absolute Gasteiger partial charge is 0.462 e. The van der Waals surface area contributed by atoms with E-state index in [9.17, 15) is 4.79 Å². The molecule has 3 nitrogen and oxygen atoms in total. The highest BCUT2D eigenvalue weighted by molar-refractivity contribution is 5.72. The van der Waals surface area contributed by atoms with Gasteiger partial charge in [-0.15, -0.1) is 6.58 Å². The molecule has 2 atom stereocenters. The minimum Gasteiger partial charge on any atom is -0.462 e. The monoisotopic (exact) mass is 156 g/mol. The van der Waals surface area contributed by atoms with Crippen LogP contribution in [0.3, 0.4) is 0 Å². The maximum atomic E-state index is 10.7. The normalized spacial score (nSPS) is 30.1. The van der Waals surface area contributed by atoms with Crippen molar-refractivity contribution in [3.63, 3.8) is 0 Å². The lowest BCUT2D eigenvalue weighted by Gasteiger charge is -2.11. The van der Waals surface area contributed by atoms with Crippen molar-refractivity contribution in [3.8, 4) is 0 Å². The van der Waals surface area contributed by atoms with Crippen LogP contribution in [0.1, 0.15) is 12.8 Å². The SMILES string of the molecule is C=CC1CC(=O)OC1CCO.